The molecule has 0 amide bonds. The highest BCUT2D eigenvalue weighted by Gasteiger charge is 2.32. The lowest BCUT2D eigenvalue weighted by Crippen LogP contribution is -2.29. The maximum Gasteiger partial charge on any atom is 0.161 e. The van der Waals surface area contributed by atoms with Gasteiger partial charge in [0.2, 0.25) is 0 Å². The second-order valence-corrected chi connectivity index (χ2v) is 9.68. The molecule has 2 aliphatic rings. The summed E-state index contributed by atoms with van der Waals surface area (Å²) in [5.41, 5.74) is 6.50. The van der Waals surface area contributed by atoms with Crippen LogP contribution >= 0.6 is 0 Å². The lowest BCUT2D eigenvalue weighted by atomic mass is 10.1. The van der Waals surface area contributed by atoms with E-state index in [4.69, 9.17) is 0 Å². The Morgan fingerprint density at radius 3 is 2.68 bits per heavy atom. The third-order valence-electron chi connectivity index (χ3n) is 6.98. The van der Waals surface area contributed by atoms with Gasteiger partial charge in [0.15, 0.2) is 5.82 Å². The first kappa shape index (κ1) is 21.1. The van der Waals surface area contributed by atoms with Gasteiger partial charge in [-0.15, -0.1) is 0 Å². The quantitative estimate of drug-likeness (QED) is 0.445. The van der Waals surface area contributed by atoms with E-state index >= 15 is 0 Å². The van der Waals surface area contributed by atoms with Crippen LogP contribution in [0.1, 0.15) is 5.56 Å². The fourth-order valence-electron chi connectivity index (χ4n) is 5.34. The zero-order valence-corrected chi connectivity index (χ0v) is 19.4. The van der Waals surface area contributed by atoms with Gasteiger partial charge in [0.25, 0.3) is 0 Å². The average molecular weight is 458 g/mol. The largest absolute Gasteiger partial charge is 0.391 e. The van der Waals surface area contributed by atoms with E-state index in [1.807, 2.05) is 24.5 Å². The van der Waals surface area contributed by atoms with Crippen LogP contribution in [0.2, 0.25) is 0 Å². The highest BCUT2D eigenvalue weighted by atomic mass is 19.1. The van der Waals surface area contributed by atoms with Crippen LogP contribution in [0.15, 0.2) is 67.1 Å². The number of benzene rings is 2. The Balaban J connectivity index is 1.37. The Labute approximate surface area is 198 Å². The first-order chi connectivity index (χ1) is 16.5. The van der Waals surface area contributed by atoms with Crippen molar-refractivity contribution in [2.75, 3.05) is 38.6 Å². The van der Waals surface area contributed by atoms with E-state index in [2.05, 4.69) is 68.5 Å². The predicted octanol–water partition coefficient (Wildman–Crippen LogP) is 3.87. The molecule has 6 rings (SSSR count). The molecular weight excluding hydrogens is 429 g/mol. The Bertz CT molecular complexity index is 1340. The molecular formula is C27H28FN5O. The molecule has 0 saturated carbocycles. The number of anilines is 1. The van der Waals surface area contributed by atoms with Gasteiger partial charge < -0.3 is 19.5 Å². The van der Waals surface area contributed by atoms with Crippen molar-refractivity contribution >= 4 is 5.69 Å². The number of halogens is 1. The summed E-state index contributed by atoms with van der Waals surface area (Å²) in [6, 6.07) is 15.3. The van der Waals surface area contributed by atoms with Crippen LogP contribution in [0.5, 0.6) is 0 Å². The molecule has 2 aliphatic heterocycles. The molecule has 2 atom stereocenters. The van der Waals surface area contributed by atoms with E-state index in [9.17, 15) is 9.50 Å². The maximum absolute atomic E-state index is 13.4. The van der Waals surface area contributed by atoms with Crippen LogP contribution in [-0.2, 0) is 6.54 Å². The fraction of sp³-hybridized carbons (Fsp3) is 0.296. The van der Waals surface area contributed by atoms with Crippen LogP contribution in [-0.4, -0.2) is 64.0 Å². The Hall–Kier alpha value is -3.42. The predicted molar refractivity (Wildman–Crippen MR) is 132 cm³/mol. The highest BCUT2D eigenvalue weighted by molar-refractivity contribution is 5.72. The van der Waals surface area contributed by atoms with Gasteiger partial charge >= 0.3 is 0 Å². The molecule has 0 bridgehead atoms. The summed E-state index contributed by atoms with van der Waals surface area (Å²) in [6.45, 7) is 3.08. The maximum atomic E-state index is 13.4. The highest BCUT2D eigenvalue weighted by Crippen LogP contribution is 2.36. The van der Waals surface area contributed by atoms with E-state index in [1.54, 1.807) is 0 Å². The minimum atomic E-state index is -0.323. The lowest BCUT2D eigenvalue weighted by molar-refractivity contribution is 0.130. The summed E-state index contributed by atoms with van der Waals surface area (Å²) >= 11 is 0. The van der Waals surface area contributed by atoms with Crippen LogP contribution < -0.4 is 4.90 Å². The van der Waals surface area contributed by atoms with Gasteiger partial charge in [-0.25, -0.2) is 9.37 Å². The molecule has 4 heterocycles. The Kier molecular flexibility index (Phi) is 5.04. The number of hydrogen-bond donors (Lipinski definition) is 1. The summed E-state index contributed by atoms with van der Waals surface area (Å²) in [5, 5.41) is 10.6. The first-order valence-corrected chi connectivity index (χ1v) is 11.7. The van der Waals surface area contributed by atoms with Gasteiger partial charge in [0, 0.05) is 61.9 Å². The second kappa shape index (κ2) is 8.11. The second-order valence-electron chi connectivity index (χ2n) is 9.68. The van der Waals surface area contributed by atoms with Crippen LogP contribution in [0.3, 0.4) is 0 Å². The molecule has 0 aliphatic carbocycles. The van der Waals surface area contributed by atoms with Crippen molar-refractivity contribution in [3.8, 4) is 28.3 Å². The van der Waals surface area contributed by atoms with Crippen LogP contribution in [0, 0.1) is 11.7 Å². The van der Waals surface area contributed by atoms with Crippen molar-refractivity contribution in [3.05, 3.63) is 78.5 Å². The average Bonchev–Trinajstić information content (AvgIpc) is 3.52. The van der Waals surface area contributed by atoms with Gasteiger partial charge in [0.1, 0.15) is 5.82 Å². The first-order valence-electron chi connectivity index (χ1n) is 11.7. The van der Waals surface area contributed by atoms with Crippen LogP contribution in [0.25, 0.3) is 28.3 Å². The third kappa shape index (κ3) is 3.61. The number of imidazole rings is 1. The van der Waals surface area contributed by atoms with E-state index in [0.29, 0.717) is 13.1 Å². The smallest absolute Gasteiger partial charge is 0.161 e. The standard InChI is InChI=1S/C27H28FN5O/c1-30(2)13-21-16-31(17-26(21)34)23-7-8-24-20(11-23)15-32-14-19(18-3-5-22(28)6-4-18)12-25(32)27-29-9-10-33(24)27/h3-12,14,21,26,34H,13,15-17H2,1-2H3/t21-,26-/m0/s1. The third-order valence-corrected chi connectivity index (χ3v) is 6.98. The van der Waals surface area contributed by atoms with Crippen molar-refractivity contribution in [2.24, 2.45) is 5.92 Å². The number of fused-ring (bicyclic) bond motifs is 5. The summed E-state index contributed by atoms with van der Waals surface area (Å²) in [5.74, 6) is 0.896. The van der Waals surface area contributed by atoms with Crippen molar-refractivity contribution in [1.29, 1.82) is 0 Å². The zero-order chi connectivity index (χ0) is 23.4. The number of aliphatic hydroxyl groups is 1. The molecule has 2 aromatic heterocycles. The number of hydrogen-bond acceptors (Lipinski definition) is 4. The number of β-amino-alcohol motifs (C(OH)–C–C–N with tert-alkyl or cyclic N) is 1. The monoisotopic (exact) mass is 457 g/mol. The molecule has 1 N–H and O–H groups in total. The van der Waals surface area contributed by atoms with Gasteiger partial charge in [-0.2, -0.15) is 0 Å². The molecule has 34 heavy (non-hydrogen) atoms. The van der Waals surface area contributed by atoms with Gasteiger partial charge in [-0.05, 0) is 61.6 Å². The number of aromatic nitrogens is 3. The Morgan fingerprint density at radius 1 is 1.06 bits per heavy atom. The number of rotatable bonds is 4. The fourth-order valence-corrected chi connectivity index (χ4v) is 5.34. The molecule has 0 radical (unpaired) electrons. The van der Waals surface area contributed by atoms with Crippen molar-refractivity contribution < 1.29 is 9.50 Å². The van der Waals surface area contributed by atoms with E-state index in [1.165, 1.54) is 17.7 Å². The minimum Gasteiger partial charge on any atom is -0.391 e. The van der Waals surface area contributed by atoms with Gasteiger partial charge in [-0.1, -0.05) is 12.1 Å². The summed E-state index contributed by atoms with van der Waals surface area (Å²) in [4.78, 5) is 9.09. The molecule has 1 saturated heterocycles. The molecule has 6 nitrogen and oxygen atoms in total. The molecule has 174 valence electrons. The summed E-state index contributed by atoms with van der Waals surface area (Å²) < 4.78 is 17.8. The molecule has 1 fully saturated rings. The lowest BCUT2D eigenvalue weighted by Gasteiger charge is -2.21. The molecule has 0 spiro atoms. The number of nitrogens with zero attached hydrogens (tertiary/aromatic N) is 5. The van der Waals surface area contributed by atoms with Crippen molar-refractivity contribution in [3.63, 3.8) is 0 Å². The molecule has 0 unspecified atom stereocenters. The number of aliphatic hydroxyl groups excluding tert-OH is 1. The zero-order valence-electron chi connectivity index (χ0n) is 19.4. The van der Waals surface area contributed by atoms with E-state index in [0.717, 1.165) is 47.1 Å². The summed E-state index contributed by atoms with van der Waals surface area (Å²) in [7, 11) is 4.10. The van der Waals surface area contributed by atoms with E-state index in [-0.39, 0.29) is 17.8 Å². The van der Waals surface area contributed by atoms with Gasteiger partial charge in [-0.3, -0.25) is 4.57 Å². The SMILES string of the molecule is CN(C)C[C@H]1CN(c2ccc3c(c2)Cn2cc(-c4ccc(F)cc4)cc2-c2nccn2-3)C[C@@H]1O. The minimum absolute atomic E-state index is 0.235. The van der Waals surface area contributed by atoms with Crippen molar-refractivity contribution in [1.82, 2.24) is 19.0 Å². The molecule has 7 heteroatoms. The topological polar surface area (TPSA) is 49.5 Å². The van der Waals surface area contributed by atoms with E-state index < -0.39 is 0 Å². The summed E-state index contributed by atoms with van der Waals surface area (Å²) in [6.07, 6.45) is 5.63. The molecule has 2 aromatic carbocycles. The Morgan fingerprint density at radius 2 is 1.88 bits per heavy atom. The molecule has 4 aromatic rings. The van der Waals surface area contributed by atoms with Crippen molar-refractivity contribution in [2.45, 2.75) is 12.6 Å². The van der Waals surface area contributed by atoms with Gasteiger partial charge in [0.05, 0.1) is 17.5 Å². The van der Waals surface area contributed by atoms with Crippen LogP contribution in [0.4, 0.5) is 10.1 Å². The normalized spacial score (nSPS) is 19.1.